The lowest BCUT2D eigenvalue weighted by molar-refractivity contribution is -0.144. The minimum absolute atomic E-state index is 0.0742. The van der Waals surface area contributed by atoms with Crippen LogP contribution in [0.2, 0.25) is 5.02 Å². The monoisotopic (exact) mass is 359 g/mol. The van der Waals surface area contributed by atoms with Crippen LogP contribution in [0.1, 0.15) is 37.8 Å². The minimum atomic E-state index is -0.143. The fourth-order valence-corrected chi connectivity index (χ4v) is 3.12. The van der Waals surface area contributed by atoms with Gasteiger partial charge in [0.2, 0.25) is 0 Å². The summed E-state index contributed by atoms with van der Waals surface area (Å²) in [6, 6.07) is 5.94. The molecule has 1 unspecified atom stereocenters. The highest BCUT2D eigenvalue weighted by Crippen LogP contribution is 2.32. The fourth-order valence-electron chi connectivity index (χ4n) is 2.61. The first-order chi connectivity index (χ1) is 9.61. The van der Waals surface area contributed by atoms with Crippen LogP contribution >= 0.6 is 27.5 Å². The van der Waals surface area contributed by atoms with Crippen molar-refractivity contribution in [1.29, 1.82) is 0 Å². The summed E-state index contributed by atoms with van der Waals surface area (Å²) in [6.07, 6.45) is 2.77. The van der Waals surface area contributed by atoms with Crippen LogP contribution in [-0.2, 0) is 9.53 Å². The Kier molecular flexibility index (Phi) is 5.87. The number of benzene rings is 1. The topological polar surface area (TPSA) is 29.5 Å². The number of likely N-dealkylation sites (tertiary alicyclic amines) is 1. The van der Waals surface area contributed by atoms with E-state index in [1.807, 2.05) is 25.1 Å². The number of esters is 1. The van der Waals surface area contributed by atoms with Gasteiger partial charge in [0.15, 0.2) is 0 Å². The third-order valence-electron chi connectivity index (χ3n) is 3.58. The Bertz CT molecular complexity index is 475. The molecule has 0 N–H and O–H groups in total. The lowest BCUT2D eigenvalue weighted by Gasteiger charge is -2.27. The molecule has 0 radical (unpaired) electrons. The predicted molar refractivity (Wildman–Crippen MR) is 84.0 cm³/mol. The van der Waals surface area contributed by atoms with Crippen molar-refractivity contribution < 1.29 is 9.53 Å². The van der Waals surface area contributed by atoms with Gasteiger partial charge < -0.3 is 4.74 Å². The molecule has 0 amide bonds. The molecule has 20 heavy (non-hydrogen) atoms. The standard InChI is InChI=1S/C15H19BrClNO2/c1-2-20-15(19)10-14(18-7-3-4-8-18)11-5-6-13(17)12(16)9-11/h5-6,9,14H,2-4,7-8,10H2,1H3. The van der Waals surface area contributed by atoms with E-state index in [0.717, 1.165) is 23.1 Å². The highest BCUT2D eigenvalue weighted by molar-refractivity contribution is 9.10. The van der Waals surface area contributed by atoms with Crippen molar-refractivity contribution in [2.75, 3.05) is 19.7 Å². The van der Waals surface area contributed by atoms with E-state index >= 15 is 0 Å². The molecular formula is C15H19BrClNO2. The summed E-state index contributed by atoms with van der Waals surface area (Å²) in [6.45, 7) is 4.33. The first kappa shape index (κ1) is 15.8. The number of hydrogen-bond acceptors (Lipinski definition) is 3. The number of carbonyl (C=O) groups is 1. The van der Waals surface area contributed by atoms with Crippen LogP contribution in [0, 0.1) is 0 Å². The van der Waals surface area contributed by atoms with Crippen molar-refractivity contribution in [2.45, 2.75) is 32.2 Å². The number of ether oxygens (including phenoxy) is 1. The maximum atomic E-state index is 11.8. The van der Waals surface area contributed by atoms with Crippen LogP contribution in [0.25, 0.3) is 0 Å². The Morgan fingerprint density at radius 3 is 2.75 bits per heavy atom. The van der Waals surface area contributed by atoms with E-state index in [9.17, 15) is 4.79 Å². The summed E-state index contributed by atoms with van der Waals surface area (Å²) in [5.74, 6) is -0.143. The molecule has 110 valence electrons. The number of halogens is 2. The SMILES string of the molecule is CCOC(=O)CC(c1ccc(Cl)c(Br)c1)N1CCCC1. The van der Waals surface area contributed by atoms with Crippen molar-refractivity contribution in [1.82, 2.24) is 4.90 Å². The zero-order chi connectivity index (χ0) is 14.5. The van der Waals surface area contributed by atoms with E-state index in [-0.39, 0.29) is 12.0 Å². The van der Waals surface area contributed by atoms with Gasteiger partial charge in [0.1, 0.15) is 0 Å². The Labute approximate surface area is 133 Å². The lowest BCUT2D eigenvalue weighted by atomic mass is 10.0. The first-order valence-corrected chi connectivity index (χ1v) is 8.13. The van der Waals surface area contributed by atoms with E-state index in [1.165, 1.54) is 12.8 Å². The van der Waals surface area contributed by atoms with Gasteiger partial charge in [-0.2, -0.15) is 0 Å². The molecule has 0 bridgehead atoms. The molecule has 3 nitrogen and oxygen atoms in total. The molecule has 1 atom stereocenters. The largest absolute Gasteiger partial charge is 0.466 e. The van der Waals surface area contributed by atoms with Crippen LogP contribution in [0.3, 0.4) is 0 Å². The van der Waals surface area contributed by atoms with Crippen LogP contribution in [0.4, 0.5) is 0 Å². The molecule has 0 saturated carbocycles. The van der Waals surface area contributed by atoms with Gasteiger partial charge in [-0.25, -0.2) is 0 Å². The summed E-state index contributed by atoms with van der Waals surface area (Å²) in [5, 5.41) is 0.685. The summed E-state index contributed by atoms with van der Waals surface area (Å²) in [4.78, 5) is 14.2. The number of carbonyl (C=O) groups excluding carboxylic acids is 1. The summed E-state index contributed by atoms with van der Waals surface area (Å²) >= 11 is 9.50. The van der Waals surface area contributed by atoms with E-state index in [4.69, 9.17) is 16.3 Å². The van der Waals surface area contributed by atoms with Gasteiger partial charge in [0.25, 0.3) is 0 Å². The van der Waals surface area contributed by atoms with E-state index in [2.05, 4.69) is 20.8 Å². The van der Waals surface area contributed by atoms with Gasteiger partial charge >= 0.3 is 5.97 Å². The van der Waals surface area contributed by atoms with Crippen LogP contribution in [-0.4, -0.2) is 30.6 Å². The second-order valence-electron chi connectivity index (χ2n) is 4.94. The average Bonchev–Trinajstić information content (AvgIpc) is 2.93. The molecule has 0 aliphatic carbocycles. The quantitative estimate of drug-likeness (QED) is 0.737. The van der Waals surface area contributed by atoms with Gasteiger partial charge in [0.05, 0.1) is 18.1 Å². The molecule has 1 aliphatic rings. The number of rotatable bonds is 5. The molecule has 1 aliphatic heterocycles. The second-order valence-corrected chi connectivity index (χ2v) is 6.20. The second kappa shape index (κ2) is 7.43. The van der Waals surface area contributed by atoms with Gasteiger partial charge in [-0.05, 0) is 66.5 Å². The molecule has 2 rings (SSSR count). The van der Waals surface area contributed by atoms with Crippen LogP contribution in [0.15, 0.2) is 22.7 Å². The maximum absolute atomic E-state index is 11.8. The molecule has 1 saturated heterocycles. The van der Waals surface area contributed by atoms with Crippen molar-refractivity contribution in [2.24, 2.45) is 0 Å². The molecule has 5 heteroatoms. The van der Waals surface area contributed by atoms with Gasteiger partial charge in [0, 0.05) is 10.5 Å². The van der Waals surface area contributed by atoms with E-state index in [1.54, 1.807) is 0 Å². The highest BCUT2D eigenvalue weighted by atomic mass is 79.9. The van der Waals surface area contributed by atoms with Gasteiger partial charge in [-0.3, -0.25) is 9.69 Å². The lowest BCUT2D eigenvalue weighted by Crippen LogP contribution is -2.28. The summed E-state index contributed by atoms with van der Waals surface area (Å²) < 4.78 is 5.97. The smallest absolute Gasteiger partial charge is 0.307 e. The third kappa shape index (κ3) is 3.96. The fraction of sp³-hybridized carbons (Fsp3) is 0.533. The first-order valence-electron chi connectivity index (χ1n) is 6.96. The maximum Gasteiger partial charge on any atom is 0.307 e. The average molecular weight is 361 g/mol. The number of hydrogen-bond donors (Lipinski definition) is 0. The van der Waals surface area contributed by atoms with Crippen LogP contribution < -0.4 is 0 Å². The Hall–Kier alpha value is -0.580. The molecule has 1 aromatic rings. The molecule has 1 aromatic carbocycles. The Balaban J connectivity index is 2.20. The third-order valence-corrected chi connectivity index (χ3v) is 4.79. The van der Waals surface area contributed by atoms with E-state index in [0.29, 0.717) is 18.1 Å². The summed E-state index contributed by atoms with van der Waals surface area (Å²) in [5.41, 5.74) is 1.11. The number of nitrogens with zero attached hydrogens (tertiary/aromatic N) is 1. The normalized spacial score (nSPS) is 17.1. The van der Waals surface area contributed by atoms with Crippen molar-refractivity contribution >= 4 is 33.5 Å². The predicted octanol–water partition coefficient (Wildman–Crippen LogP) is 4.19. The zero-order valence-electron chi connectivity index (χ0n) is 11.6. The Morgan fingerprint density at radius 2 is 2.15 bits per heavy atom. The summed E-state index contributed by atoms with van der Waals surface area (Å²) in [7, 11) is 0. The van der Waals surface area contributed by atoms with Crippen molar-refractivity contribution in [3.8, 4) is 0 Å². The van der Waals surface area contributed by atoms with Gasteiger partial charge in [-0.1, -0.05) is 17.7 Å². The zero-order valence-corrected chi connectivity index (χ0v) is 13.9. The van der Waals surface area contributed by atoms with Crippen LogP contribution in [0.5, 0.6) is 0 Å². The molecule has 0 aromatic heterocycles. The Morgan fingerprint density at radius 1 is 1.45 bits per heavy atom. The molecular weight excluding hydrogens is 342 g/mol. The van der Waals surface area contributed by atoms with Crippen molar-refractivity contribution in [3.63, 3.8) is 0 Å². The van der Waals surface area contributed by atoms with E-state index < -0.39 is 0 Å². The van der Waals surface area contributed by atoms with Gasteiger partial charge in [-0.15, -0.1) is 0 Å². The molecule has 0 spiro atoms. The molecule has 1 fully saturated rings. The highest BCUT2D eigenvalue weighted by Gasteiger charge is 2.26. The minimum Gasteiger partial charge on any atom is -0.466 e. The molecule has 1 heterocycles. The van der Waals surface area contributed by atoms with Crippen molar-refractivity contribution in [3.05, 3.63) is 33.3 Å².